The molecule has 1 aromatic carbocycles. The van der Waals surface area contributed by atoms with Gasteiger partial charge in [-0.3, -0.25) is 0 Å². The molecule has 1 N–H and O–H groups in total. The summed E-state index contributed by atoms with van der Waals surface area (Å²) in [7, 11) is 0. The molecule has 0 radical (unpaired) electrons. The van der Waals surface area contributed by atoms with Crippen LogP contribution in [0.3, 0.4) is 0 Å². The maximum Gasteiger partial charge on any atom is 0.116 e. The van der Waals surface area contributed by atoms with Crippen LogP contribution in [0, 0.1) is 5.92 Å². The minimum Gasteiger partial charge on any atom is -0.508 e. The van der Waals surface area contributed by atoms with Gasteiger partial charge >= 0.3 is 0 Å². The Morgan fingerprint density at radius 3 is 2.56 bits per heavy atom. The van der Waals surface area contributed by atoms with Gasteiger partial charge in [-0.1, -0.05) is 48.0 Å². The molecule has 1 nitrogen and oxygen atoms in total. The number of hydrogen-bond donors (Lipinski definition) is 1. The molecular weight excluding hydrogens is 264 g/mol. The van der Waals surface area contributed by atoms with E-state index in [-0.39, 0.29) is 0 Å². The van der Waals surface area contributed by atoms with Gasteiger partial charge in [-0.15, -0.1) is 0 Å². The van der Waals surface area contributed by atoms with E-state index in [0.29, 0.717) is 5.75 Å². The standard InChI is InChI=1S/C14H19BrO/c15-13-8-12(9-14(16)10-13)7-6-11-4-2-1-3-5-11/h8-11,16H,1-7H2. The lowest BCUT2D eigenvalue weighted by Crippen LogP contribution is -2.07. The number of rotatable bonds is 3. The highest BCUT2D eigenvalue weighted by molar-refractivity contribution is 9.10. The van der Waals surface area contributed by atoms with Gasteiger partial charge < -0.3 is 5.11 Å². The van der Waals surface area contributed by atoms with Crippen LogP contribution in [0.25, 0.3) is 0 Å². The zero-order valence-electron chi connectivity index (χ0n) is 9.58. The van der Waals surface area contributed by atoms with E-state index >= 15 is 0 Å². The van der Waals surface area contributed by atoms with E-state index in [1.54, 1.807) is 6.07 Å². The Morgan fingerprint density at radius 2 is 1.88 bits per heavy atom. The molecule has 1 aliphatic rings. The van der Waals surface area contributed by atoms with Crippen LogP contribution in [0.4, 0.5) is 0 Å². The lowest BCUT2D eigenvalue weighted by Gasteiger charge is -2.21. The molecule has 0 saturated heterocycles. The highest BCUT2D eigenvalue weighted by Crippen LogP contribution is 2.28. The maximum absolute atomic E-state index is 9.50. The quantitative estimate of drug-likeness (QED) is 0.854. The molecule has 0 heterocycles. The van der Waals surface area contributed by atoms with Gasteiger partial charge in [0, 0.05) is 4.47 Å². The van der Waals surface area contributed by atoms with E-state index in [4.69, 9.17) is 0 Å². The second-order valence-electron chi connectivity index (χ2n) is 4.86. The Hall–Kier alpha value is -0.500. The molecule has 0 bridgehead atoms. The van der Waals surface area contributed by atoms with Crippen molar-refractivity contribution in [1.82, 2.24) is 0 Å². The molecule has 2 rings (SSSR count). The average molecular weight is 283 g/mol. The van der Waals surface area contributed by atoms with Crippen molar-refractivity contribution >= 4 is 15.9 Å². The largest absolute Gasteiger partial charge is 0.508 e. The summed E-state index contributed by atoms with van der Waals surface area (Å²) in [6.45, 7) is 0. The lowest BCUT2D eigenvalue weighted by molar-refractivity contribution is 0.339. The van der Waals surface area contributed by atoms with Crippen LogP contribution >= 0.6 is 15.9 Å². The molecule has 0 aromatic heterocycles. The summed E-state index contributed by atoms with van der Waals surface area (Å²) in [6.07, 6.45) is 9.42. The molecule has 88 valence electrons. The first-order valence-electron chi connectivity index (χ1n) is 6.22. The van der Waals surface area contributed by atoms with E-state index in [1.807, 2.05) is 6.07 Å². The highest BCUT2D eigenvalue weighted by atomic mass is 79.9. The van der Waals surface area contributed by atoms with E-state index in [2.05, 4.69) is 22.0 Å². The van der Waals surface area contributed by atoms with Crippen molar-refractivity contribution in [1.29, 1.82) is 0 Å². The second-order valence-corrected chi connectivity index (χ2v) is 5.78. The van der Waals surface area contributed by atoms with Crippen LogP contribution in [0.15, 0.2) is 22.7 Å². The number of phenolic OH excluding ortho intramolecular Hbond substituents is 1. The summed E-state index contributed by atoms with van der Waals surface area (Å²) in [6, 6.07) is 5.74. The zero-order valence-corrected chi connectivity index (χ0v) is 11.2. The fourth-order valence-electron chi connectivity index (χ4n) is 2.62. The minimum absolute atomic E-state index is 0.369. The number of hydrogen-bond acceptors (Lipinski definition) is 1. The third-order valence-electron chi connectivity index (χ3n) is 3.51. The van der Waals surface area contributed by atoms with Gasteiger partial charge in [0.1, 0.15) is 5.75 Å². The molecule has 1 aliphatic carbocycles. The Labute approximate surface area is 106 Å². The third kappa shape index (κ3) is 3.51. The molecule has 0 spiro atoms. The van der Waals surface area contributed by atoms with Crippen LogP contribution < -0.4 is 0 Å². The summed E-state index contributed by atoms with van der Waals surface area (Å²) in [5.41, 5.74) is 1.25. The molecule has 0 atom stereocenters. The van der Waals surface area contributed by atoms with E-state index < -0.39 is 0 Å². The van der Waals surface area contributed by atoms with Crippen LogP contribution in [0.2, 0.25) is 0 Å². The first-order valence-corrected chi connectivity index (χ1v) is 7.02. The van der Waals surface area contributed by atoms with Crippen LogP contribution in [0.5, 0.6) is 5.75 Å². The molecule has 16 heavy (non-hydrogen) atoms. The van der Waals surface area contributed by atoms with Crippen molar-refractivity contribution in [3.63, 3.8) is 0 Å². The normalized spacial score (nSPS) is 17.6. The predicted molar refractivity (Wildman–Crippen MR) is 70.7 cm³/mol. The summed E-state index contributed by atoms with van der Waals surface area (Å²) in [4.78, 5) is 0. The van der Waals surface area contributed by atoms with Crippen molar-refractivity contribution in [3.05, 3.63) is 28.2 Å². The van der Waals surface area contributed by atoms with E-state index in [1.165, 1.54) is 44.1 Å². The molecule has 0 aliphatic heterocycles. The summed E-state index contributed by atoms with van der Waals surface area (Å²) in [5, 5.41) is 9.50. The van der Waals surface area contributed by atoms with Gasteiger partial charge in [0.15, 0.2) is 0 Å². The first kappa shape index (κ1) is 12.0. The van der Waals surface area contributed by atoms with Crippen LogP contribution in [-0.2, 0) is 6.42 Å². The molecule has 1 aromatic rings. The van der Waals surface area contributed by atoms with Gasteiger partial charge in [-0.05, 0) is 42.5 Å². The van der Waals surface area contributed by atoms with Gasteiger partial charge in [0.2, 0.25) is 0 Å². The monoisotopic (exact) mass is 282 g/mol. The topological polar surface area (TPSA) is 20.2 Å². The second kappa shape index (κ2) is 5.72. The number of phenols is 1. The smallest absolute Gasteiger partial charge is 0.116 e. The molecule has 1 saturated carbocycles. The molecule has 2 heteroatoms. The first-order chi connectivity index (χ1) is 7.74. The molecule has 1 fully saturated rings. The Bertz CT molecular complexity index is 322. The summed E-state index contributed by atoms with van der Waals surface area (Å²) >= 11 is 3.42. The van der Waals surface area contributed by atoms with Gasteiger partial charge in [0.05, 0.1) is 0 Å². The fraction of sp³-hybridized carbons (Fsp3) is 0.571. The number of halogens is 1. The predicted octanol–water partition coefficient (Wildman–Crippen LogP) is 4.67. The van der Waals surface area contributed by atoms with Crippen molar-refractivity contribution in [2.45, 2.75) is 44.9 Å². The van der Waals surface area contributed by atoms with Crippen molar-refractivity contribution in [2.24, 2.45) is 5.92 Å². The van der Waals surface area contributed by atoms with Gasteiger partial charge in [-0.2, -0.15) is 0 Å². The van der Waals surface area contributed by atoms with Crippen LogP contribution in [0.1, 0.15) is 44.1 Å². The number of benzene rings is 1. The lowest BCUT2D eigenvalue weighted by atomic mass is 9.85. The zero-order chi connectivity index (χ0) is 11.4. The Kier molecular flexibility index (Phi) is 4.28. The average Bonchev–Trinajstić information content (AvgIpc) is 2.27. The van der Waals surface area contributed by atoms with Gasteiger partial charge in [0.25, 0.3) is 0 Å². The number of aromatic hydroxyl groups is 1. The van der Waals surface area contributed by atoms with Gasteiger partial charge in [-0.25, -0.2) is 0 Å². The highest BCUT2D eigenvalue weighted by Gasteiger charge is 2.13. The fourth-order valence-corrected chi connectivity index (χ4v) is 3.15. The van der Waals surface area contributed by atoms with Crippen molar-refractivity contribution < 1.29 is 5.11 Å². The molecule has 0 amide bonds. The van der Waals surface area contributed by atoms with Crippen molar-refractivity contribution in [3.8, 4) is 5.75 Å². The SMILES string of the molecule is Oc1cc(Br)cc(CCC2CCCCC2)c1. The maximum atomic E-state index is 9.50. The Balaban J connectivity index is 1.88. The van der Waals surface area contributed by atoms with E-state index in [9.17, 15) is 5.11 Å². The molecule has 0 unspecified atom stereocenters. The summed E-state index contributed by atoms with van der Waals surface area (Å²) in [5.74, 6) is 1.28. The van der Waals surface area contributed by atoms with Crippen molar-refractivity contribution in [2.75, 3.05) is 0 Å². The number of aryl methyl sites for hydroxylation is 1. The Morgan fingerprint density at radius 1 is 1.12 bits per heavy atom. The minimum atomic E-state index is 0.369. The summed E-state index contributed by atoms with van der Waals surface area (Å²) < 4.78 is 0.978. The van der Waals surface area contributed by atoms with Crippen LogP contribution in [-0.4, -0.2) is 5.11 Å². The third-order valence-corrected chi connectivity index (χ3v) is 3.97. The van der Waals surface area contributed by atoms with E-state index in [0.717, 1.165) is 16.8 Å². The molecular formula is C14H19BrO.